The fourth-order valence-electron chi connectivity index (χ4n) is 4.35. The number of nitrogens with zero attached hydrogens (tertiary/aromatic N) is 1. The Morgan fingerprint density at radius 1 is 1.12 bits per heavy atom. The molecule has 0 aliphatic carbocycles. The van der Waals surface area contributed by atoms with Gasteiger partial charge in [-0.2, -0.15) is 0 Å². The number of rotatable bonds is 9. The maximum atomic E-state index is 13.6. The standard InChI is InChI=1S/C24H31Cl2FN4O.C2H6/c1-4-6-7-14-30(3)29-24(32)22-19(5-2)23(16-8-11-18(27)12-9-16)31(28-22)21-13-10-17(25)15-20(21)26;1-2/h8-13,15,19,22-23,28H,4-7,14H2,1-3H3,(H,29,32);1-2H3/p+1/t19-,22?,23?;/m1./s1. The Morgan fingerprint density at radius 3 is 2.38 bits per heavy atom. The van der Waals surface area contributed by atoms with Crippen LogP contribution in [0.3, 0.4) is 0 Å². The Hall–Kier alpha value is -1.86. The molecule has 2 aromatic carbocycles. The number of carbonyl (C=O) groups is 1. The normalized spacial score (nSPS) is 20.5. The summed E-state index contributed by atoms with van der Waals surface area (Å²) < 4.78 is 13.6. The number of hydrazine groups is 1. The van der Waals surface area contributed by atoms with Crippen molar-refractivity contribution in [1.29, 1.82) is 0 Å². The lowest BCUT2D eigenvalue weighted by molar-refractivity contribution is -0.917. The van der Waals surface area contributed by atoms with E-state index in [-0.39, 0.29) is 23.7 Å². The molecule has 4 atom stereocenters. The zero-order chi connectivity index (χ0) is 25.3. The van der Waals surface area contributed by atoms with Crippen LogP contribution in [0.4, 0.5) is 10.1 Å². The third kappa shape index (κ3) is 7.08. The van der Waals surface area contributed by atoms with Gasteiger partial charge < -0.3 is 0 Å². The van der Waals surface area contributed by atoms with Gasteiger partial charge in [-0.15, -0.1) is 0 Å². The number of benzene rings is 2. The first-order valence-electron chi connectivity index (χ1n) is 12.2. The van der Waals surface area contributed by atoms with Crippen LogP contribution in [0.1, 0.15) is 65.0 Å². The zero-order valence-corrected chi connectivity index (χ0v) is 22.3. The van der Waals surface area contributed by atoms with E-state index in [0.29, 0.717) is 10.0 Å². The molecule has 0 bridgehead atoms. The molecule has 1 saturated heterocycles. The average Bonchev–Trinajstić information content (AvgIpc) is 3.20. The number of hydrogen-bond acceptors (Lipinski definition) is 3. The first-order chi connectivity index (χ1) is 16.3. The number of halogens is 3. The van der Waals surface area contributed by atoms with Gasteiger partial charge in [0.05, 0.1) is 30.3 Å². The summed E-state index contributed by atoms with van der Waals surface area (Å²) in [6, 6.07) is 11.1. The highest BCUT2D eigenvalue weighted by Crippen LogP contribution is 2.43. The van der Waals surface area contributed by atoms with Gasteiger partial charge in [0.25, 0.3) is 5.91 Å². The minimum atomic E-state index is -0.456. The van der Waals surface area contributed by atoms with E-state index in [1.807, 2.05) is 32.0 Å². The minimum Gasteiger partial charge on any atom is -0.298 e. The van der Waals surface area contributed by atoms with Gasteiger partial charge in [0.1, 0.15) is 11.9 Å². The highest BCUT2D eigenvalue weighted by molar-refractivity contribution is 6.36. The molecule has 1 amide bonds. The summed E-state index contributed by atoms with van der Waals surface area (Å²) in [6.45, 7) is 9.10. The van der Waals surface area contributed by atoms with Gasteiger partial charge in [-0.3, -0.25) is 9.80 Å². The van der Waals surface area contributed by atoms with Crippen molar-refractivity contribution in [2.75, 3.05) is 18.6 Å². The van der Waals surface area contributed by atoms with E-state index in [1.54, 1.807) is 24.3 Å². The van der Waals surface area contributed by atoms with Gasteiger partial charge in [0, 0.05) is 10.9 Å². The Morgan fingerprint density at radius 2 is 1.79 bits per heavy atom. The molecule has 8 heteroatoms. The fourth-order valence-corrected chi connectivity index (χ4v) is 4.85. The Balaban J connectivity index is 0.00000199. The van der Waals surface area contributed by atoms with Crippen molar-refractivity contribution < 1.29 is 14.2 Å². The SMILES string of the molecule is CC.CCCCC[NH+](C)NC(=O)C1NN(c2ccc(Cl)cc2Cl)C(c2ccc(F)cc2)[C@@H]1CC. The number of amides is 1. The third-order valence-electron chi connectivity index (χ3n) is 6.02. The largest absolute Gasteiger partial charge is 0.298 e. The van der Waals surface area contributed by atoms with Crippen LogP contribution in [0.25, 0.3) is 0 Å². The topological polar surface area (TPSA) is 48.8 Å². The Kier molecular flexibility index (Phi) is 11.6. The van der Waals surface area contributed by atoms with Crippen molar-refractivity contribution in [3.8, 4) is 0 Å². The number of quaternary nitrogens is 1. The molecule has 1 fully saturated rings. The second-order valence-corrected chi connectivity index (χ2v) is 9.21. The number of hydrogen-bond donors (Lipinski definition) is 3. The van der Waals surface area contributed by atoms with Crippen LogP contribution in [0.2, 0.25) is 10.0 Å². The molecule has 3 N–H and O–H groups in total. The maximum absolute atomic E-state index is 13.6. The number of unbranched alkanes of at least 4 members (excludes halogenated alkanes) is 2. The molecule has 3 rings (SSSR count). The summed E-state index contributed by atoms with van der Waals surface area (Å²) >= 11 is 12.6. The molecule has 5 nitrogen and oxygen atoms in total. The lowest BCUT2D eigenvalue weighted by atomic mass is 9.86. The Bertz CT molecular complexity index is 912. The summed E-state index contributed by atoms with van der Waals surface area (Å²) in [5.41, 5.74) is 8.12. The second-order valence-electron chi connectivity index (χ2n) is 8.37. The van der Waals surface area contributed by atoms with E-state index in [2.05, 4.69) is 24.7 Å². The molecule has 1 heterocycles. The van der Waals surface area contributed by atoms with Gasteiger partial charge in [-0.1, -0.05) is 69.5 Å². The number of nitrogens with one attached hydrogen (secondary N) is 3. The van der Waals surface area contributed by atoms with E-state index >= 15 is 0 Å². The van der Waals surface area contributed by atoms with Crippen LogP contribution < -0.4 is 20.9 Å². The molecule has 1 aliphatic rings. The second kappa shape index (κ2) is 13.9. The summed E-state index contributed by atoms with van der Waals surface area (Å²) in [7, 11) is 1.97. The molecule has 34 heavy (non-hydrogen) atoms. The van der Waals surface area contributed by atoms with Crippen LogP contribution in [-0.4, -0.2) is 25.5 Å². The summed E-state index contributed by atoms with van der Waals surface area (Å²) in [4.78, 5) is 13.3. The van der Waals surface area contributed by atoms with Crippen molar-refractivity contribution in [3.05, 3.63) is 63.9 Å². The van der Waals surface area contributed by atoms with Crippen molar-refractivity contribution in [1.82, 2.24) is 10.9 Å². The van der Waals surface area contributed by atoms with Crippen LogP contribution in [-0.2, 0) is 4.79 Å². The van der Waals surface area contributed by atoms with Crippen molar-refractivity contribution in [3.63, 3.8) is 0 Å². The smallest absolute Gasteiger partial charge is 0.284 e. The van der Waals surface area contributed by atoms with Gasteiger partial charge in [0.2, 0.25) is 0 Å². The van der Waals surface area contributed by atoms with E-state index in [1.165, 1.54) is 12.1 Å². The molecular formula is C26H38Cl2FN4O+. The lowest BCUT2D eigenvalue weighted by Gasteiger charge is -2.29. The zero-order valence-electron chi connectivity index (χ0n) is 20.8. The van der Waals surface area contributed by atoms with E-state index in [0.717, 1.165) is 48.5 Å². The van der Waals surface area contributed by atoms with Gasteiger partial charge in [0.15, 0.2) is 0 Å². The maximum Gasteiger partial charge on any atom is 0.284 e. The molecule has 0 spiro atoms. The summed E-state index contributed by atoms with van der Waals surface area (Å²) in [5.74, 6) is -0.406. The third-order valence-corrected chi connectivity index (χ3v) is 6.55. The number of carbonyl (C=O) groups excluding carboxylic acids is 1. The minimum absolute atomic E-state index is 0.0457. The van der Waals surface area contributed by atoms with Crippen LogP contribution in [0.15, 0.2) is 42.5 Å². The van der Waals surface area contributed by atoms with Crippen LogP contribution >= 0.6 is 23.2 Å². The van der Waals surface area contributed by atoms with Gasteiger partial charge >= 0.3 is 0 Å². The lowest BCUT2D eigenvalue weighted by Crippen LogP contribution is -3.16. The first kappa shape index (κ1) is 28.4. The molecule has 0 radical (unpaired) electrons. The summed E-state index contributed by atoms with van der Waals surface area (Å²) in [6.07, 6.45) is 4.09. The Labute approximate surface area is 213 Å². The predicted molar refractivity (Wildman–Crippen MR) is 140 cm³/mol. The fraction of sp³-hybridized carbons (Fsp3) is 0.500. The van der Waals surface area contributed by atoms with Gasteiger partial charge in [-0.25, -0.2) is 20.3 Å². The van der Waals surface area contributed by atoms with Crippen molar-refractivity contribution >= 4 is 34.8 Å². The molecule has 0 aromatic heterocycles. The highest BCUT2D eigenvalue weighted by atomic mass is 35.5. The molecule has 1 aliphatic heterocycles. The van der Waals surface area contributed by atoms with E-state index < -0.39 is 6.04 Å². The molecule has 0 saturated carbocycles. The molecule has 2 aromatic rings. The highest BCUT2D eigenvalue weighted by Gasteiger charge is 2.46. The van der Waals surface area contributed by atoms with Crippen LogP contribution in [0.5, 0.6) is 0 Å². The molecule has 188 valence electrons. The number of anilines is 1. The quantitative estimate of drug-likeness (QED) is 0.314. The first-order valence-corrected chi connectivity index (χ1v) is 13.0. The molecule has 3 unspecified atom stereocenters. The van der Waals surface area contributed by atoms with Crippen LogP contribution in [0, 0.1) is 11.7 Å². The van der Waals surface area contributed by atoms with Crippen molar-refractivity contribution in [2.24, 2.45) is 5.92 Å². The van der Waals surface area contributed by atoms with E-state index in [4.69, 9.17) is 23.2 Å². The average molecular weight is 513 g/mol. The molecular weight excluding hydrogens is 474 g/mol. The summed E-state index contributed by atoms with van der Waals surface area (Å²) in [5, 5.41) is 3.92. The van der Waals surface area contributed by atoms with Crippen molar-refractivity contribution in [2.45, 2.75) is 65.5 Å². The predicted octanol–water partition coefficient (Wildman–Crippen LogP) is 5.36. The van der Waals surface area contributed by atoms with Gasteiger partial charge in [-0.05, 0) is 55.2 Å². The monoisotopic (exact) mass is 511 g/mol. The van der Waals surface area contributed by atoms with E-state index in [9.17, 15) is 9.18 Å².